The summed E-state index contributed by atoms with van der Waals surface area (Å²) in [4.78, 5) is 12.5. The highest BCUT2D eigenvalue weighted by atomic mass is 16.5. The molecule has 3 aromatic heterocycles. The highest BCUT2D eigenvalue weighted by molar-refractivity contribution is 5.89. The molecule has 0 radical (unpaired) electrons. The first kappa shape index (κ1) is 17.7. The summed E-state index contributed by atoms with van der Waals surface area (Å²) >= 11 is 0. The van der Waals surface area contributed by atoms with Gasteiger partial charge in [0.15, 0.2) is 5.52 Å². The number of benzene rings is 1. The first-order chi connectivity index (χ1) is 14.0. The molecule has 0 amide bonds. The maximum absolute atomic E-state index is 6.30. The fraction of sp³-hybridized carbons (Fsp3) is 0.318. The van der Waals surface area contributed by atoms with E-state index >= 15 is 0 Å². The Morgan fingerprint density at radius 3 is 2.97 bits per heavy atom. The van der Waals surface area contributed by atoms with Crippen LogP contribution in [-0.4, -0.2) is 37.4 Å². The topological polar surface area (TPSA) is 80.7 Å². The molecule has 1 fully saturated rings. The second-order valence-corrected chi connectivity index (χ2v) is 7.82. The number of aromatic amines is 1. The van der Waals surface area contributed by atoms with Gasteiger partial charge in [0.05, 0.1) is 28.7 Å². The molecule has 0 spiro atoms. The molecule has 0 bridgehead atoms. The quantitative estimate of drug-likeness (QED) is 0.557. The van der Waals surface area contributed by atoms with Crippen LogP contribution in [0.5, 0.6) is 5.88 Å². The van der Waals surface area contributed by atoms with Crippen LogP contribution >= 0.6 is 0 Å². The van der Waals surface area contributed by atoms with Crippen LogP contribution in [0.4, 0.5) is 0 Å². The summed E-state index contributed by atoms with van der Waals surface area (Å²) < 4.78 is 8.21. The van der Waals surface area contributed by atoms with Crippen LogP contribution in [0.25, 0.3) is 33.2 Å². The number of nitrogens with zero attached hydrogens (tertiary/aromatic N) is 4. The molecule has 2 N–H and O–H groups in total. The average molecular weight is 388 g/mol. The van der Waals surface area contributed by atoms with Gasteiger partial charge in [-0.2, -0.15) is 5.10 Å². The van der Waals surface area contributed by atoms with Crippen molar-refractivity contribution in [1.29, 1.82) is 0 Å². The molecule has 5 rings (SSSR count). The zero-order valence-corrected chi connectivity index (χ0v) is 16.9. The van der Waals surface area contributed by atoms with E-state index in [0.717, 1.165) is 57.6 Å². The minimum Gasteiger partial charge on any atom is -0.473 e. The Balaban J connectivity index is 1.55. The zero-order valence-electron chi connectivity index (χ0n) is 16.9. The number of nitrogens with one attached hydrogen (secondary N) is 2. The molecule has 148 valence electrons. The third-order valence-electron chi connectivity index (χ3n) is 5.79. The molecule has 0 saturated carbocycles. The van der Waals surface area contributed by atoms with E-state index in [9.17, 15) is 0 Å². The molecular weight excluding hydrogens is 364 g/mol. The molecule has 4 aromatic rings. The molecule has 1 aliphatic rings. The summed E-state index contributed by atoms with van der Waals surface area (Å²) in [5.41, 5.74) is 6.72. The van der Waals surface area contributed by atoms with Gasteiger partial charge >= 0.3 is 0 Å². The standard InChI is InChI=1S/C22H24N6O/c1-12-7-16(10-23-12)14(3)29-22-21-19(24-11-25-21)9-18(26-22)15-5-6-20-17(8-15)13(2)27-28(20)4/h5-6,8-9,11,14,16,23H,1,7,10H2,2-4H3,(H,24,25)/t14-,16-/m1/s1. The third-order valence-corrected chi connectivity index (χ3v) is 5.79. The summed E-state index contributed by atoms with van der Waals surface area (Å²) in [7, 11) is 1.96. The molecule has 2 atom stereocenters. The van der Waals surface area contributed by atoms with Crippen molar-refractivity contribution < 1.29 is 4.74 Å². The summed E-state index contributed by atoms with van der Waals surface area (Å²) in [6.45, 7) is 9.00. The van der Waals surface area contributed by atoms with Gasteiger partial charge in [0.1, 0.15) is 6.10 Å². The lowest BCUT2D eigenvalue weighted by atomic mass is 10.0. The van der Waals surface area contributed by atoms with Crippen molar-refractivity contribution in [3.05, 3.63) is 48.6 Å². The van der Waals surface area contributed by atoms with E-state index in [1.165, 1.54) is 0 Å². The average Bonchev–Trinajstić information content (AvgIpc) is 3.41. The van der Waals surface area contributed by atoms with Crippen LogP contribution in [0.3, 0.4) is 0 Å². The fourth-order valence-electron chi connectivity index (χ4n) is 4.09. The number of rotatable bonds is 4. The molecule has 1 aromatic carbocycles. The van der Waals surface area contributed by atoms with E-state index < -0.39 is 0 Å². The Labute approximate surface area is 168 Å². The number of pyridine rings is 1. The lowest BCUT2D eigenvalue weighted by Crippen LogP contribution is -2.26. The van der Waals surface area contributed by atoms with Crippen molar-refractivity contribution in [1.82, 2.24) is 30.0 Å². The Bertz CT molecular complexity index is 1240. The number of hydrogen-bond donors (Lipinski definition) is 2. The lowest BCUT2D eigenvalue weighted by molar-refractivity contribution is 0.157. The normalized spacial score (nSPS) is 17.8. The molecule has 1 aliphatic heterocycles. The van der Waals surface area contributed by atoms with Crippen molar-refractivity contribution in [2.45, 2.75) is 26.4 Å². The number of allylic oxidation sites excluding steroid dienone is 1. The van der Waals surface area contributed by atoms with Gasteiger partial charge in [-0.05, 0) is 38.5 Å². The number of fused-ring (bicyclic) bond motifs is 2. The zero-order chi connectivity index (χ0) is 20.1. The van der Waals surface area contributed by atoms with Crippen LogP contribution in [-0.2, 0) is 7.05 Å². The Hall–Kier alpha value is -3.35. The van der Waals surface area contributed by atoms with E-state index in [1.54, 1.807) is 6.33 Å². The van der Waals surface area contributed by atoms with Crippen molar-refractivity contribution in [2.24, 2.45) is 13.0 Å². The number of H-pyrrole nitrogens is 1. The van der Waals surface area contributed by atoms with Crippen molar-refractivity contribution in [2.75, 3.05) is 6.54 Å². The van der Waals surface area contributed by atoms with Gasteiger partial charge in [-0.3, -0.25) is 4.68 Å². The number of aryl methyl sites for hydroxylation is 2. The summed E-state index contributed by atoms with van der Waals surface area (Å²) in [5.74, 6) is 0.933. The number of hydrogen-bond acceptors (Lipinski definition) is 5. The van der Waals surface area contributed by atoms with Gasteiger partial charge in [-0.1, -0.05) is 12.6 Å². The number of imidazole rings is 1. The number of aromatic nitrogens is 5. The van der Waals surface area contributed by atoms with E-state index in [-0.39, 0.29) is 6.10 Å². The highest BCUT2D eigenvalue weighted by Gasteiger charge is 2.26. The first-order valence-electron chi connectivity index (χ1n) is 9.86. The molecule has 7 nitrogen and oxygen atoms in total. The summed E-state index contributed by atoms with van der Waals surface area (Å²) in [6, 6.07) is 8.32. The SMILES string of the molecule is C=C1C[C@@H]([C@@H](C)Oc2nc(-c3ccc4c(c3)c(C)nn4C)cc3[nH]cnc23)CN1. The van der Waals surface area contributed by atoms with Crippen LogP contribution < -0.4 is 10.1 Å². The molecule has 0 aliphatic carbocycles. The predicted molar refractivity (Wildman–Crippen MR) is 114 cm³/mol. The van der Waals surface area contributed by atoms with Crippen LogP contribution in [0, 0.1) is 12.8 Å². The minimum absolute atomic E-state index is 0.00690. The van der Waals surface area contributed by atoms with E-state index in [2.05, 4.69) is 52.1 Å². The van der Waals surface area contributed by atoms with Crippen molar-refractivity contribution in [3.8, 4) is 17.1 Å². The van der Waals surface area contributed by atoms with Gasteiger partial charge in [-0.25, -0.2) is 9.97 Å². The van der Waals surface area contributed by atoms with Crippen molar-refractivity contribution in [3.63, 3.8) is 0 Å². The van der Waals surface area contributed by atoms with E-state index in [1.807, 2.05) is 24.7 Å². The first-order valence-corrected chi connectivity index (χ1v) is 9.86. The van der Waals surface area contributed by atoms with Crippen LogP contribution in [0.15, 0.2) is 42.9 Å². The van der Waals surface area contributed by atoms with Gasteiger partial charge in [0, 0.05) is 36.2 Å². The Kier molecular flexibility index (Phi) is 4.04. The predicted octanol–water partition coefficient (Wildman–Crippen LogP) is 3.71. The van der Waals surface area contributed by atoms with Gasteiger partial charge in [0.2, 0.25) is 5.88 Å². The second kappa shape index (κ2) is 6.62. The monoisotopic (exact) mass is 388 g/mol. The largest absolute Gasteiger partial charge is 0.473 e. The molecule has 0 unspecified atom stereocenters. The molecule has 4 heterocycles. The third kappa shape index (κ3) is 3.03. The molecule has 1 saturated heterocycles. The highest BCUT2D eigenvalue weighted by Crippen LogP contribution is 2.31. The van der Waals surface area contributed by atoms with Crippen LogP contribution in [0.1, 0.15) is 19.0 Å². The van der Waals surface area contributed by atoms with Crippen LogP contribution in [0.2, 0.25) is 0 Å². The van der Waals surface area contributed by atoms with E-state index in [0.29, 0.717) is 11.8 Å². The maximum Gasteiger partial charge on any atom is 0.243 e. The van der Waals surface area contributed by atoms with Gasteiger partial charge in [0.25, 0.3) is 0 Å². The molecule has 7 heteroatoms. The number of ether oxygens (including phenoxy) is 1. The van der Waals surface area contributed by atoms with Crippen molar-refractivity contribution >= 4 is 21.9 Å². The fourth-order valence-corrected chi connectivity index (χ4v) is 4.09. The van der Waals surface area contributed by atoms with Gasteiger partial charge in [-0.15, -0.1) is 0 Å². The lowest BCUT2D eigenvalue weighted by Gasteiger charge is -2.19. The van der Waals surface area contributed by atoms with Gasteiger partial charge < -0.3 is 15.0 Å². The minimum atomic E-state index is 0.00690. The molecule has 29 heavy (non-hydrogen) atoms. The smallest absolute Gasteiger partial charge is 0.243 e. The Morgan fingerprint density at radius 2 is 2.17 bits per heavy atom. The summed E-state index contributed by atoms with van der Waals surface area (Å²) in [5, 5.41) is 8.95. The Morgan fingerprint density at radius 1 is 1.31 bits per heavy atom. The molecular formula is C22H24N6O. The second-order valence-electron chi connectivity index (χ2n) is 7.82. The summed E-state index contributed by atoms with van der Waals surface area (Å²) in [6.07, 6.45) is 2.61. The van der Waals surface area contributed by atoms with E-state index in [4.69, 9.17) is 9.72 Å². The maximum atomic E-state index is 6.30.